The van der Waals surface area contributed by atoms with E-state index in [1.165, 1.54) is 13.0 Å². The van der Waals surface area contributed by atoms with Crippen LogP contribution in [0.15, 0.2) is 36.4 Å². The number of benzene rings is 2. The molecule has 2 aromatic carbocycles. The highest BCUT2D eigenvalue weighted by Gasteiger charge is 2.22. The van der Waals surface area contributed by atoms with Gasteiger partial charge in [-0.1, -0.05) is 11.6 Å². The minimum absolute atomic E-state index is 0.111. The van der Waals surface area contributed by atoms with Crippen LogP contribution in [-0.2, 0) is 9.53 Å². The van der Waals surface area contributed by atoms with E-state index in [-0.39, 0.29) is 16.1 Å². The standard InChI is InChI=1S/C18H13ClF2N2O6/c1-9(17(25)10-3-5-13(20)14(21)6-10)29-16(24)8-22-18(26)11-2-4-12(19)15(7-11)23(27)28/h2-7,9H,8H2,1H3,(H,22,26). The van der Waals surface area contributed by atoms with Gasteiger partial charge in [0, 0.05) is 17.2 Å². The lowest BCUT2D eigenvalue weighted by Gasteiger charge is -2.13. The van der Waals surface area contributed by atoms with E-state index in [9.17, 15) is 33.3 Å². The van der Waals surface area contributed by atoms with Gasteiger partial charge in [0.1, 0.15) is 11.6 Å². The lowest BCUT2D eigenvalue weighted by molar-refractivity contribution is -0.384. The predicted octanol–water partition coefficient (Wildman–Crippen LogP) is 3.07. The summed E-state index contributed by atoms with van der Waals surface area (Å²) >= 11 is 5.66. The van der Waals surface area contributed by atoms with E-state index in [0.717, 1.165) is 24.3 Å². The molecule has 1 unspecified atom stereocenters. The number of nitro groups is 1. The Balaban J connectivity index is 1.94. The van der Waals surface area contributed by atoms with E-state index in [1.54, 1.807) is 0 Å². The van der Waals surface area contributed by atoms with Gasteiger partial charge in [0.05, 0.1) is 4.92 Å². The number of carbonyl (C=O) groups excluding carboxylic acids is 3. The molecule has 0 radical (unpaired) electrons. The monoisotopic (exact) mass is 426 g/mol. The zero-order valence-corrected chi connectivity index (χ0v) is 15.5. The van der Waals surface area contributed by atoms with Gasteiger partial charge in [0.2, 0.25) is 5.78 Å². The molecule has 1 N–H and O–H groups in total. The highest BCUT2D eigenvalue weighted by Crippen LogP contribution is 2.25. The number of halogens is 3. The molecule has 8 nitrogen and oxygen atoms in total. The zero-order valence-electron chi connectivity index (χ0n) is 14.8. The van der Waals surface area contributed by atoms with Crippen LogP contribution < -0.4 is 5.32 Å². The van der Waals surface area contributed by atoms with Crippen LogP contribution >= 0.6 is 11.6 Å². The van der Waals surface area contributed by atoms with Crippen LogP contribution in [0, 0.1) is 21.7 Å². The third-order valence-electron chi connectivity index (χ3n) is 3.68. The highest BCUT2D eigenvalue weighted by molar-refractivity contribution is 6.32. The molecule has 0 saturated heterocycles. The third-order valence-corrected chi connectivity index (χ3v) is 4.00. The second kappa shape index (κ2) is 9.20. The fraction of sp³-hybridized carbons (Fsp3) is 0.167. The number of hydrogen-bond donors (Lipinski definition) is 1. The number of nitro benzene ring substituents is 1. The first-order valence-electron chi connectivity index (χ1n) is 8.01. The number of rotatable bonds is 7. The van der Waals surface area contributed by atoms with Gasteiger partial charge in [-0.15, -0.1) is 0 Å². The van der Waals surface area contributed by atoms with E-state index >= 15 is 0 Å². The van der Waals surface area contributed by atoms with Crippen LogP contribution in [0.1, 0.15) is 27.6 Å². The number of ether oxygens (including phenoxy) is 1. The number of carbonyl (C=O) groups is 3. The van der Waals surface area contributed by atoms with Gasteiger partial charge in [-0.25, -0.2) is 8.78 Å². The van der Waals surface area contributed by atoms with Gasteiger partial charge >= 0.3 is 5.97 Å². The van der Waals surface area contributed by atoms with Crippen molar-refractivity contribution in [2.75, 3.05) is 6.54 Å². The van der Waals surface area contributed by atoms with E-state index in [4.69, 9.17) is 16.3 Å². The average molecular weight is 427 g/mol. The maximum atomic E-state index is 13.2. The summed E-state index contributed by atoms with van der Waals surface area (Å²) in [6.07, 6.45) is -1.32. The van der Waals surface area contributed by atoms with Crippen LogP contribution in [0.25, 0.3) is 0 Å². The lowest BCUT2D eigenvalue weighted by atomic mass is 10.1. The second-order valence-corrected chi connectivity index (χ2v) is 6.14. The van der Waals surface area contributed by atoms with Crippen molar-refractivity contribution in [2.45, 2.75) is 13.0 Å². The van der Waals surface area contributed by atoms with Crippen LogP contribution in [0.2, 0.25) is 5.02 Å². The Kier molecular flexibility index (Phi) is 6.94. The summed E-state index contributed by atoms with van der Waals surface area (Å²) in [5, 5.41) is 12.9. The van der Waals surface area contributed by atoms with E-state index in [2.05, 4.69) is 5.32 Å². The van der Waals surface area contributed by atoms with Crippen LogP contribution in [0.4, 0.5) is 14.5 Å². The highest BCUT2D eigenvalue weighted by atomic mass is 35.5. The molecule has 11 heteroatoms. The molecule has 2 rings (SSSR count). The summed E-state index contributed by atoms with van der Waals surface area (Å²) in [5.41, 5.74) is -0.783. The van der Waals surface area contributed by atoms with Gasteiger partial charge in [0.15, 0.2) is 17.7 Å². The summed E-state index contributed by atoms with van der Waals surface area (Å²) in [7, 11) is 0. The quantitative estimate of drug-likeness (QED) is 0.315. The Morgan fingerprint density at radius 1 is 1.14 bits per heavy atom. The van der Waals surface area contributed by atoms with Crippen molar-refractivity contribution in [2.24, 2.45) is 0 Å². The number of hydrogen-bond acceptors (Lipinski definition) is 6. The predicted molar refractivity (Wildman–Crippen MR) is 96.7 cm³/mol. The first-order valence-corrected chi connectivity index (χ1v) is 8.39. The van der Waals surface area contributed by atoms with Crippen molar-refractivity contribution >= 4 is 34.9 Å². The van der Waals surface area contributed by atoms with Gasteiger partial charge < -0.3 is 10.1 Å². The van der Waals surface area contributed by atoms with Gasteiger partial charge in [-0.3, -0.25) is 24.5 Å². The molecule has 1 amide bonds. The normalized spacial score (nSPS) is 11.4. The molecule has 152 valence electrons. The Morgan fingerprint density at radius 3 is 2.41 bits per heavy atom. The smallest absolute Gasteiger partial charge is 0.326 e. The topological polar surface area (TPSA) is 116 Å². The lowest BCUT2D eigenvalue weighted by Crippen LogP contribution is -2.34. The maximum Gasteiger partial charge on any atom is 0.326 e. The Labute approximate surface area is 167 Å². The fourth-order valence-electron chi connectivity index (χ4n) is 2.22. The number of esters is 1. The van der Waals surface area contributed by atoms with E-state index < -0.39 is 52.6 Å². The minimum Gasteiger partial charge on any atom is -0.453 e. The van der Waals surface area contributed by atoms with Crippen molar-refractivity contribution in [3.05, 3.63) is 74.3 Å². The van der Waals surface area contributed by atoms with Crippen LogP contribution in [-0.4, -0.2) is 35.2 Å². The summed E-state index contributed by atoms with van der Waals surface area (Å²) in [6, 6.07) is 5.82. The molecule has 0 bridgehead atoms. The third kappa shape index (κ3) is 5.55. The number of ketones is 1. The summed E-state index contributed by atoms with van der Waals surface area (Å²) in [5.74, 6) is -4.90. The number of amides is 1. The fourth-order valence-corrected chi connectivity index (χ4v) is 2.41. The molecule has 0 aliphatic rings. The molecular weight excluding hydrogens is 414 g/mol. The van der Waals surface area contributed by atoms with Gasteiger partial charge in [-0.2, -0.15) is 0 Å². The molecule has 1 atom stereocenters. The molecule has 0 aromatic heterocycles. The molecule has 29 heavy (non-hydrogen) atoms. The molecule has 2 aromatic rings. The number of nitrogens with one attached hydrogen (secondary N) is 1. The van der Waals surface area contributed by atoms with Crippen molar-refractivity contribution in [1.82, 2.24) is 5.32 Å². The second-order valence-electron chi connectivity index (χ2n) is 5.73. The first-order chi connectivity index (χ1) is 13.6. The Bertz CT molecular complexity index is 998. The molecule has 0 spiro atoms. The molecular formula is C18H13ClF2N2O6. The minimum atomic E-state index is -1.32. The zero-order chi connectivity index (χ0) is 21.7. The maximum absolute atomic E-state index is 13.2. The molecule has 0 fully saturated rings. The summed E-state index contributed by atoms with van der Waals surface area (Å²) < 4.78 is 31.0. The number of nitrogens with zero attached hydrogens (tertiary/aromatic N) is 1. The van der Waals surface area contributed by atoms with Crippen LogP contribution in [0.5, 0.6) is 0 Å². The first kappa shape index (κ1) is 21.9. The van der Waals surface area contributed by atoms with Gasteiger partial charge in [-0.05, 0) is 37.3 Å². The van der Waals surface area contributed by atoms with Crippen molar-refractivity contribution in [3.63, 3.8) is 0 Å². The molecule has 0 heterocycles. The largest absolute Gasteiger partial charge is 0.453 e. The molecule has 0 aliphatic heterocycles. The van der Waals surface area contributed by atoms with Crippen molar-refractivity contribution in [3.8, 4) is 0 Å². The average Bonchev–Trinajstić information content (AvgIpc) is 2.67. The summed E-state index contributed by atoms with van der Waals surface area (Å²) in [4.78, 5) is 46.0. The SMILES string of the molecule is CC(OC(=O)CNC(=O)c1ccc(Cl)c([N+](=O)[O-])c1)C(=O)c1ccc(F)c(F)c1. The Morgan fingerprint density at radius 2 is 1.79 bits per heavy atom. The molecule has 0 saturated carbocycles. The van der Waals surface area contributed by atoms with E-state index in [1.807, 2.05) is 0 Å². The van der Waals surface area contributed by atoms with E-state index in [0.29, 0.717) is 6.07 Å². The van der Waals surface area contributed by atoms with Crippen molar-refractivity contribution < 1.29 is 32.8 Å². The van der Waals surface area contributed by atoms with Gasteiger partial charge in [0.25, 0.3) is 11.6 Å². The summed E-state index contributed by atoms with van der Waals surface area (Å²) in [6.45, 7) is 0.594. The van der Waals surface area contributed by atoms with Crippen LogP contribution in [0.3, 0.4) is 0 Å². The Hall–Kier alpha value is -3.40. The van der Waals surface area contributed by atoms with Crippen molar-refractivity contribution in [1.29, 1.82) is 0 Å². The number of Topliss-reactive ketones (excluding diaryl/α,β-unsaturated/α-hetero) is 1. The molecule has 0 aliphatic carbocycles.